The Bertz CT molecular complexity index is 470. The summed E-state index contributed by atoms with van der Waals surface area (Å²) in [5.74, 6) is 0.984. The monoisotopic (exact) mass is 290 g/mol. The fraction of sp³-hybridized carbons (Fsp3) is 0.647. The van der Waals surface area contributed by atoms with Gasteiger partial charge in [0.05, 0.1) is 18.8 Å². The summed E-state index contributed by atoms with van der Waals surface area (Å²) >= 11 is 0. The summed E-state index contributed by atoms with van der Waals surface area (Å²) in [5, 5.41) is 0. The molecule has 4 nitrogen and oxygen atoms in total. The number of para-hydroxylation sites is 1. The molecule has 1 aromatic carbocycles. The van der Waals surface area contributed by atoms with E-state index in [1.807, 2.05) is 12.1 Å². The molecule has 0 aromatic heterocycles. The van der Waals surface area contributed by atoms with E-state index in [2.05, 4.69) is 17.0 Å². The van der Waals surface area contributed by atoms with Crippen molar-refractivity contribution >= 4 is 0 Å². The molecule has 2 aliphatic heterocycles. The van der Waals surface area contributed by atoms with Gasteiger partial charge in [0.15, 0.2) is 0 Å². The van der Waals surface area contributed by atoms with E-state index in [4.69, 9.17) is 15.2 Å². The van der Waals surface area contributed by atoms with E-state index in [1.54, 1.807) is 7.11 Å². The topological polar surface area (TPSA) is 47.7 Å². The molecule has 21 heavy (non-hydrogen) atoms. The van der Waals surface area contributed by atoms with E-state index in [1.165, 1.54) is 12.0 Å². The van der Waals surface area contributed by atoms with Gasteiger partial charge in [0, 0.05) is 31.7 Å². The molecule has 116 valence electrons. The van der Waals surface area contributed by atoms with Crippen molar-refractivity contribution < 1.29 is 9.47 Å². The van der Waals surface area contributed by atoms with Crippen LogP contribution in [-0.4, -0.2) is 43.3 Å². The van der Waals surface area contributed by atoms with Gasteiger partial charge in [-0.3, -0.25) is 4.90 Å². The summed E-state index contributed by atoms with van der Waals surface area (Å²) in [5.41, 5.74) is 7.12. The minimum Gasteiger partial charge on any atom is -0.496 e. The summed E-state index contributed by atoms with van der Waals surface area (Å²) in [7, 11) is 1.74. The second-order valence-corrected chi connectivity index (χ2v) is 6.29. The van der Waals surface area contributed by atoms with Gasteiger partial charge in [-0.1, -0.05) is 18.2 Å². The van der Waals surface area contributed by atoms with Crippen molar-refractivity contribution in [1.82, 2.24) is 4.90 Å². The van der Waals surface area contributed by atoms with E-state index in [0.29, 0.717) is 6.54 Å². The molecule has 4 heteroatoms. The lowest BCUT2D eigenvalue weighted by molar-refractivity contribution is -0.0750. The number of hydrogen-bond acceptors (Lipinski definition) is 4. The van der Waals surface area contributed by atoms with Crippen LogP contribution in [0, 0.1) is 0 Å². The molecule has 2 saturated heterocycles. The van der Waals surface area contributed by atoms with E-state index in [-0.39, 0.29) is 11.7 Å². The van der Waals surface area contributed by atoms with Crippen LogP contribution in [0.1, 0.15) is 31.2 Å². The summed E-state index contributed by atoms with van der Waals surface area (Å²) in [6.07, 6.45) is 4.84. The standard InChI is InChI=1S/C17H26N2O2/c1-20-16-5-3-2-4-14(16)13-19-10-8-17(9-11-19)7-6-15(12-18)21-17/h2-5,15H,6-13,18H2,1H3. The number of nitrogens with zero attached hydrogens (tertiary/aromatic N) is 1. The van der Waals surface area contributed by atoms with E-state index >= 15 is 0 Å². The van der Waals surface area contributed by atoms with Crippen LogP contribution < -0.4 is 10.5 Å². The zero-order valence-corrected chi connectivity index (χ0v) is 12.9. The number of piperidine rings is 1. The quantitative estimate of drug-likeness (QED) is 0.923. The van der Waals surface area contributed by atoms with Crippen molar-refractivity contribution in [2.75, 3.05) is 26.7 Å². The third kappa shape index (κ3) is 3.23. The van der Waals surface area contributed by atoms with Crippen LogP contribution >= 0.6 is 0 Å². The summed E-state index contributed by atoms with van der Waals surface area (Å²) in [4.78, 5) is 2.50. The third-order valence-electron chi connectivity index (χ3n) is 4.96. The van der Waals surface area contributed by atoms with Crippen LogP contribution in [0.5, 0.6) is 5.75 Å². The molecule has 0 bridgehead atoms. The van der Waals surface area contributed by atoms with Crippen LogP contribution in [0.3, 0.4) is 0 Å². The van der Waals surface area contributed by atoms with Crippen LogP contribution in [0.15, 0.2) is 24.3 Å². The number of nitrogens with two attached hydrogens (primary N) is 1. The number of hydrogen-bond donors (Lipinski definition) is 1. The molecular formula is C17H26N2O2. The summed E-state index contributed by atoms with van der Waals surface area (Å²) < 4.78 is 11.6. The van der Waals surface area contributed by atoms with Crippen molar-refractivity contribution in [3.63, 3.8) is 0 Å². The minimum absolute atomic E-state index is 0.112. The average molecular weight is 290 g/mol. The van der Waals surface area contributed by atoms with Gasteiger partial charge in [-0.2, -0.15) is 0 Å². The molecule has 1 spiro atoms. The Kier molecular flexibility index (Phi) is 4.48. The third-order valence-corrected chi connectivity index (χ3v) is 4.96. The molecular weight excluding hydrogens is 264 g/mol. The molecule has 2 N–H and O–H groups in total. The molecule has 0 saturated carbocycles. The Morgan fingerprint density at radius 3 is 2.71 bits per heavy atom. The maximum Gasteiger partial charge on any atom is 0.123 e. The Hall–Kier alpha value is -1.10. The van der Waals surface area contributed by atoms with Crippen molar-refractivity contribution in [1.29, 1.82) is 0 Å². The Labute approximate surface area is 127 Å². The maximum absolute atomic E-state index is 6.21. The van der Waals surface area contributed by atoms with Crippen molar-refractivity contribution in [3.05, 3.63) is 29.8 Å². The summed E-state index contributed by atoms with van der Waals surface area (Å²) in [6, 6.07) is 8.29. The second-order valence-electron chi connectivity index (χ2n) is 6.29. The van der Waals surface area contributed by atoms with Gasteiger partial charge in [-0.05, 0) is 31.7 Å². The first-order valence-electron chi connectivity index (χ1n) is 7.97. The van der Waals surface area contributed by atoms with Crippen LogP contribution in [-0.2, 0) is 11.3 Å². The largest absolute Gasteiger partial charge is 0.496 e. The van der Waals surface area contributed by atoms with Crippen molar-refractivity contribution in [3.8, 4) is 5.75 Å². The first kappa shape index (κ1) is 14.8. The fourth-order valence-corrected chi connectivity index (χ4v) is 3.62. The first-order chi connectivity index (χ1) is 10.2. The smallest absolute Gasteiger partial charge is 0.123 e. The molecule has 2 aliphatic rings. The van der Waals surface area contributed by atoms with Crippen LogP contribution in [0.2, 0.25) is 0 Å². The molecule has 0 aliphatic carbocycles. The molecule has 0 radical (unpaired) electrons. The minimum atomic E-state index is 0.112. The van der Waals surface area contributed by atoms with E-state index in [0.717, 1.165) is 44.6 Å². The first-order valence-corrected chi connectivity index (χ1v) is 7.97. The van der Waals surface area contributed by atoms with Gasteiger partial charge >= 0.3 is 0 Å². The van der Waals surface area contributed by atoms with Crippen molar-refractivity contribution in [2.24, 2.45) is 5.73 Å². The highest BCUT2D eigenvalue weighted by atomic mass is 16.5. The zero-order chi connectivity index (χ0) is 14.7. The van der Waals surface area contributed by atoms with Gasteiger partial charge in [0.2, 0.25) is 0 Å². The van der Waals surface area contributed by atoms with Crippen LogP contribution in [0.4, 0.5) is 0 Å². The number of benzene rings is 1. The molecule has 3 rings (SSSR count). The Balaban J connectivity index is 1.57. The van der Waals surface area contributed by atoms with Gasteiger partial charge in [0.1, 0.15) is 5.75 Å². The number of likely N-dealkylation sites (tertiary alicyclic amines) is 1. The van der Waals surface area contributed by atoms with Gasteiger partial charge in [-0.25, -0.2) is 0 Å². The predicted molar refractivity (Wildman–Crippen MR) is 83.4 cm³/mol. The van der Waals surface area contributed by atoms with Crippen LogP contribution in [0.25, 0.3) is 0 Å². The highest BCUT2D eigenvalue weighted by Gasteiger charge is 2.41. The maximum atomic E-state index is 6.21. The van der Waals surface area contributed by atoms with E-state index in [9.17, 15) is 0 Å². The zero-order valence-electron chi connectivity index (χ0n) is 12.9. The lowest BCUT2D eigenvalue weighted by atomic mass is 9.88. The predicted octanol–water partition coefficient (Wildman–Crippen LogP) is 2.17. The molecule has 2 heterocycles. The number of ether oxygens (including phenoxy) is 2. The highest BCUT2D eigenvalue weighted by molar-refractivity contribution is 5.33. The lowest BCUT2D eigenvalue weighted by Crippen LogP contribution is -2.44. The van der Waals surface area contributed by atoms with Gasteiger partial charge < -0.3 is 15.2 Å². The second kappa shape index (κ2) is 6.34. The Morgan fingerprint density at radius 2 is 2.05 bits per heavy atom. The number of rotatable bonds is 4. The molecule has 0 amide bonds. The van der Waals surface area contributed by atoms with Crippen molar-refractivity contribution in [2.45, 2.75) is 43.9 Å². The van der Waals surface area contributed by atoms with E-state index < -0.39 is 0 Å². The fourth-order valence-electron chi connectivity index (χ4n) is 3.62. The molecule has 1 unspecified atom stereocenters. The lowest BCUT2D eigenvalue weighted by Gasteiger charge is -2.39. The summed E-state index contributed by atoms with van der Waals surface area (Å²) in [6.45, 7) is 3.80. The van der Waals surface area contributed by atoms with Gasteiger partial charge in [0.25, 0.3) is 0 Å². The molecule has 1 aromatic rings. The highest BCUT2D eigenvalue weighted by Crippen LogP contribution is 2.39. The molecule has 1 atom stereocenters. The average Bonchev–Trinajstić information content (AvgIpc) is 2.94. The number of methoxy groups -OCH3 is 1. The van der Waals surface area contributed by atoms with Gasteiger partial charge in [-0.15, -0.1) is 0 Å². The normalized spacial score (nSPS) is 25.3. The molecule has 2 fully saturated rings. The Morgan fingerprint density at radius 1 is 1.29 bits per heavy atom. The SMILES string of the molecule is COc1ccccc1CN1CCC2(CCC(CN)O2)CC1.